The maximum atomic E-state index is 13.2. The first-order chi connectivity index (χ1) is 13.9. The molecule has 29 heavy (non-hydrogen) atoms. The standard InChI is InChI=1S/C22H19FN2O4/c1-3-5-15-12-14(6-11-19(15)29-4-2)13-18-20(26)24-22(28)25(21(18)27)17-9-7-16(23)8-10-17/h3,6-13H,1,4-5H2,2H3,(H,24,26,28)/b18-13+. The molecule has 0 atom stereocenters. The van der Waals surface area contributed by atoms with E-state index in [0.29, 0.717) is 24.3 Å². The van der Waals surface area contributed by atoms with Crippen LogP contribution in [-0.2, 0) is 16.0 Å². The molecule has 0 saturated carbocycles. The predicted octanol–water partition coefficient (Wildman–Crippen LogP) is 3.62. The van der Waals surface area contributed by atoms with Gasteiger partial charge in [0.25, 0.3) is 11.8 Å². The molecule has 0 bridgehead atoms. The topological polar surface area (TPSA) is 75.7 Å². The Morgan fingerprint density at radius 3 is 2.52 bits per heavy atom. The van der Waals surface area contributed by atoms with Gasteiger partial charge < -0.3 is 4.74 Å². The highest BCUT2D eigenvalue weighted by molar-refractivity contribution is 6.39. The number of imide groups is 2. The van der Waals surface area contributed by atoms with Crippen LogP contribution in [0, 0.1) is 5.82 Å². The van der Waals surface area contributed by atoms with Gasteiger partial charge in [-0.3, -0.25) is 14.9 Å². The molecule has 1 aliphatic rings. The lowest BCUT2D eigenvalue weighted by atomic mass is 10.0. The number of hydrogen-bond donors (Lipinski definition) is 1. The minimum atomic E-state index is -0.886. The molecular weight excluding hydrogens is 375 g/mol. The first-order valence-electron chi connectivity index (χ1n) is 8.98. The molecule has 0 aromatic heterocycles. The van der Waals surface area contributed by atoms with E-state index in [1.807, 2.05) is 6.92 Å². The summed E-state index contributed by atoms with van der Waals surface area (Å²) in [4.78, 5) is 38.1. The van der Waals surface area contributed by atoms with Gasteiger partial charge in [0, 0.05) is 0 Å². The van der Waals surface area contributed by atoms with Crippen molar-refractivity contribution in [2.45, 2.75) is 13.3 Å². The highest BCUT2D eigenvalue weighted by Crippen LogP contribution is 2.25. The third kappa shape index (κ3) is 4.24. The summed E-state index contributed by atoms with van der Waals surface area (Å²) in [5, 5.41) is 2.14. The van der Waals surface area contributed by atoms with Crippen molar-refractivity contribution in [3.8, 4) is 5.75 Å². The molecule has 3 rings (SSSR count). The Balaban J connectivity index is 1.99. The zero-order valence-corrected chi connectivity index (χ0v) is 15.8. The van der Waals surface area contributed by atoms with Crippen LogP contribution in [0.25, 0.3) is 6.08 Å². The van der Waals surface area contributed by atoms with Crippen LogP contribution in [0.15, 0.2) is 60.7 Å². The lowest BCUT2D eigenvalue weighted by molar-refractivity contribution is -0.122. The lowest BCUT2D eigenvalue weighted by Crippen LogP contribution is -2.54. The van der Waals surface area contributed by atoms with Gasteiger partial charge in [-0.15, -0.1) is 6.58 Å². The van der Waals surface area contributed by atoms with E-state index in [1.165, 1.54) is 18.2 Å². The van der Waals surface area contributed by atoms with Crippen molar-refractivity contribution in [3.05, 3.63) is 77.6 Å². The number of barbiturate groups is 1. The number of nitrogens with zero attached hydrogens (tertiary/aromatic N) is 1. The summed E-state index contributed by atoms with van der Waals surface area (Å²) in [6.45, 7) is 6.10. The summed E-state index contributed by atoms with van der Waals surface area (Å²) in [5.41, 5.74) is 1.40. The van der Waals surface area contributed by atoms with Crippen molar-refractivity contribution in [2.75, 3.05) is 11.5 Å². The Morgan fingerprint density at radius 1 is 1.14 bits per heavy atom. The van der Waals surface area contributed by atoms with E-state index >= 15 is 0 Å². The summed E-state index contributed by atoms with van der Waals surface area (Å²) in [6.07, 6.45) is 3.68. The number of nitrogens with one attached hydrogen (secondary N) is 1. The molecule has 0 unspecified atom stereocenters. The van der Waals surface area contributed by atoms with Crippen LogP contribution in [0.2, 0.25) is 0 Å². The van der Waals surface area contributed by atoms with Gasteiger partial charge in [-0.2, -0.15) is 0 Å². The molecule has 0 spiro atoms. The second kappa shape index (κ2) is 8.52. The van der Waals surface area contributed by atoms with Gasteiger partial charge in [-0.05, 0) is 66.9 Å². The number of benzene rings is 2. The number of anilines is 1. The molecule has 2 aromatic rings. The molecule has 1 saturated heterocycles. The SMILES string of the molecule is C=CCc1cc(/C=C2\C(=O)NC(=O)N(c3ccc(F)cc3)C2=O)ccc1OCC. The quantitative estimate of drug-likeness (QED) is 0.461. The number of carbonyl (C=O) groups excluding carboxylic acids is 3. The molecular formula is C22H19FN2O4. The molecule has 148 valence electrons. The Morgan fingerprint density at radius 2 is 1.86 bits per heavy atom. The highest BCUT2D eigenvalue weighted by Gasteiger charge is 2.36. The van der Waals surface area contributed by atoms with Crippen LogP contribution in [0.1, 0.15) is 18.1 Å². The molecule has 2 aromatic carbocycles. The Hall–Kier alpha value is -3.74. The largest absolute Gasteiger partial charge is 0.494 e. The number of rotatable bonds is 6. The van der Waals surface area contributed by atoms with Gasteiger partial charge >= 0.3 is 6.03 Å². The zero-order chi connectivity index (χ0) is 21.0. The molecule has 6 nitrogen and oxygen atoms in total. The van der Waals surface area contributed by atoms with E-state index in [-0.39, 0.29) is 11.3 Å². The zero-order valence-electron chi connectivity index (χ0n) is 15.8. The summed E-state index contributed by atoms with van der Waals surface area (Å²) in [5.74, 6) is -1.39. The van der Waals surface area contributed by atoms with E-state index in [1.54, 1.807) is 24.3 Å². The van der Waals surface area contributed by atoms with E-state index in [0.717, 1.165) is 22.6 Å². The molecule has 1 heterocycles. The third-order valence-corrected chi connectivity index (χ3v) is 4.25. The molecule has 1 N–H and O–H groups in total. The second-order valence-corrected chi connectivity index (χ2v) is 6.23. The summed E-state index contributed by atoms with van der Waals surface area (Å²) >= 11 is 0. The molecule has 1 fully saturated rings. The third-order valence-electron chi connectivity index (χ3n) is 4.25. The number of urea groups is 1. The number of allylic oxidation sites excluding steroid dienone is 1. The van der Waals surface area contributed by atoms with E-state index in [2.05, 4.69) is 11.9 Å². The van der Waals surface area contributed by atoms with Crippen LogP contribution < -0.4 is 15.0 Å². The normalized spacial score (nSPS) is 15.4. The Labute approximate surface area is 167 Å². The van der Waals surface area contributed by atoms with Gasteiger partial charge in [0.05, 0.1) is 12.3 Å². The summed E-state index contributed by atoms with van der Waals surface area (Å²) in [6, 6.07) is 9.21. The van der Waals surface area contributed by atoms with Gasteiger partial charge in [0.15, 0.2) is 0 Å². The number of halogens is 1. The van der Waals surface area contributed by atoms with E-state index in [4.69, 9.17) is 4.74 Å². The average Bonchev–Trinajstić information content (AvgIpc) is 2.69. The fraction of sp³-hybridized carbons (Fsp3) is 0.136. The van der Waals surface area contributed by atoms with Gasteiger partial charge in [0.1, 0.15) is 17.1 Å². The van der Waals surface area contributed by atoms with Crippen LogP contribution >= 0.6 is 0 Å². The maximum absolute atomic E-state index is 13.2. The first-order valence-corrected chi connectivity index (χ1v) is 8.98. The van der Waals surface area contributed by atoms with Crippen molar-refractivity contribution in [3.63, 3.8) is 0 Å². The van der Waals surface area contributed by atoms with Crippen LogP contribution in [0.4, 0.5) is 14.9 Å². The van der Waals surface area contributed by atoms with Gasteiger partial charge in [0.2, 0.25) is 0 Å². The van der Waals surface area contributed by atoms with Crippen molar-refractivity contribution in [1.82, 2.24) is 5.32 Å². The van der Waals surface area contributed by atoms with E-state index < -0.39 is 23.7 Å². The second-order valence-electron chi connectivity index (χ2n) is 6.23. The fourth-order valence-electron chi connectivity index (χ4n) is 2.95. The molecule has 7 heteroatoms. The summed E-state index contributed by atoms with van der Waals surface area (Å²) in [7, 11) is 0. The number of amides is 4. The number of carbonyl (C=O) groups is 3. The minimum Gasteiger partial charge on any atom is -0.494 e. The van der Waals surface area contributed by atoms with Gasteiger partial charge in [-0.1, -0.05) is 12.1 Å². The van der Waals surface area contributed by atoms with Crippen LogP contribution in [-0.4, -0.2) is 24.5 Å². The Bertz CT molecular complexity index is 1010. The maximum Gasteiger partial charge on any atom is 0.335 e. The molecule has 0 aliphatic carbocycles. The predicted molar refractivity (Wildman–Crippen MR) is 107 cm³/mol. The fourth-order valence-corrected chi connectivity index (χ4v) is 2.95. The number of ether oxygens (including phenoxy) is 1. The van der Waals surface area contributed by atoms with E-state index in [9.17, 15) is 18.8 Å². The molecule has 4 amide bonds. The average molecular weight is 394 g/mol. The molecule has 0 radical (unpaired) electrons. The lowest BCUT2D eigenvalue weighted by Gasteiger charge is -2.26. The van der Waals surface area contributed by atoms with Crippen molar-refractivity contribution in [2.24, 2.45) is 0 Å². The van der Waals surface area contributed by atoms with Crippen LogP contribution in [0.5, 0.6) is 5.75 Å². The van der Waals surface area contributed by atoms with Crippen molar-refractivity contribution in [1.29, 1.82) is 0 Å². The molecule has 1 aliphatic heterocycles. The monoisotopic (exact) mass is 394 g/mol. The summed E-state index contributed by atoms with van der Waals surface area (Å²) < 4.78 is 18.8. The van der Waals surface area contributed by atoms with Crippen LogP contribution in [0.3, 0.4) is 0 Å². The highest BCUT2D eigenvalue weighted by atomic mass is 19.1. The first kappa shape index (κ1) is 20.0. The van der Waals surface area contributed by atoms with Gasteiger partial charge in [-0.25, -0.2) is 14.1 Å². The Kier molecular flexibility index (Phi) is 5.87. The van der Waals surface area contributed by atoms with Crippen molar-refractivity contribution < 1.29 is 23.5 Å². The smallest absolute Gasteiger partial charge is 0.335 e. The minimum absolute atomic E-state index is 0.159. The number of hydrogen-bond acceptors (Lipinski definition) is 4. The van der Waals surface area contributed by atoms with Crippen molar-refractivity contribution >= 4 is 29.6 Å².